The standard InChI is InChI=1S/C19H23N5O3/c1-27-16-5-3-2-4-15(16)23-8-10-24(11-9-23)19-20-12-14(18(26)22-19)17(25)21-13-6-7-13/h2-5,12-13H,6-11H2,1H3,(H,21,25)(H,20,22,26). The number of aromatic nitrogens is 2. The number of benzene rings is 1. The summed E-state index contributed by atoms with van der Waals surface area (Å²) in [4.78, 5) is 35.7. The highest BCUT2D eigenvalue weighted by Gasteiger charge is 2.26. The van der Waals surface area contributed by atoms with Crippen molar-refractivity contribution in [2.75, 3.05) is 43.1 Å². The summed E-state index contributed by atoms with van der Waals surface area (Å²) >= 11 is 0. The highest BCUT2D eigenvalue weighted by Crippen LogP contribution is 2.28. The van der Waals surface area contributed by atoms with Gasteiger partial charge in [0.2, 0.25) is 5.95 Å². The predicted octanol–water partition coefficient (Wildman–Crippen LogP) is 0.997. The number of H-pyrrole nitrogens is 1. The van der Waals surface area contributed by atoms with Crippen molar-refractivity contribution in [1.29, 1.82) is 0 Å². The molecule has 142 valence electrons. The number of nitrogens with zero attached hydrogens (tertiary/aromatic N) is 3. The van der Waals surface area contributed by atoms with Crippen LogP contribution in [-0.4, -0.2) is 55.2 Å². The maximum atomic E-state index is 12.3. The average molecular weight is 369 g/mol. The zero-order chi connectivity index (χ0) is 18.8. The van der Waals surface area contributed by atoms with Crippen molar-refractivity contribution in [2.24, 2.45) is 0 Å². The van der Waals surface area contributed by atoms with Gasteiger partial charge < -0.3 is 19.9 Å². The second kappa shape index (κ2) is 7.30. The van der Waals surface area contributed by atoms with Crippen molar-refractivity contribution in [3.8, 4) is 5.75 Å². The summed E-state index contributed by atoms with van der Waals surface area (Å²) in [6.45, 7) is 3.01. The maximum Gasteiger partial charge on any atom is 0.265 e. The summed E-state index contributed by atoms with van der Waals surface area (Å²) in [5.74, 6) is 1.00. The van der Waals surface area contributed by atoms with Crippen molar-refractivity contribution in [3.05, 3.63) is 46.4 Å². The molecule has 27 heavy (non-hydrogen) atoms. The van der Waals surface area contributed by atoms with E-state index in [1.54, 1.807) is 7.11 Å². The molecule has 2 heterocycles. The van der Waals surface area contributed by atoms with E-state index >= 15 is 0 Å². The fourth-order valence-corrected chi connectivity index (χ4v) is 3.25. The normalized spacial score (nSPS) is 16.9. The third-order valence-electron chi connectivity index (χ3n) is 4.95. The number of amides is 1. The van der Waals surface area contributed by atoms with E-state index in [9.17, 15) is 9.59 Å². The molecule has 8 heteroatoms. The van der Waals surface area contributed by atoms with Gasteiger partial charge >= 0.3 is 0 Å². The number of carbonyl (C=O) groups excluding carboxylic acids is 1. The van der Waals surface area contributed by atoms with Crippen LogP contribution < -0.4 is 25.4 Å². The smallest absolute Gasteiger partial charge is 0.265 e. The molecule has 2 N–H and O–H groups in total. The molecule has 1 saturated carbocycles. The maximum absolute atomic E-state index is 12.3. The molecule has 2 fully saturated rings. The number of hydrogen-bond acceptors (Lipinski definition) is 6. The number of carbonyl (C=O) groups is 1. The lowest BCUT2D eigenvalue weighted by molar-refractivity contribution is 0.0949. The first kappa shape index (κ1) is 17.4. The summed E-state index contributed by atoms with van der Waals surface area (Å²) in [5.41, 5.74) is 0.733. The fraction of sp³-hybridized carbons (Fsp3) is 0.421. The van der Waals surface area contributed by atoms with Crippen LogP contribution >= 0.6 is 0 Å². The van der Waals surface area contributed by atoms with Crippen LogP contribution in [0.4, 0.5) is 11.6 Å². The summed E-state index contributed by atoms with van der Waals surface area (Å²) in [6.07, 6.45) is 3.33. The van der Waals surface area contributed by atoms with Crippen LogP contribution in [-0.2, 0) is 0 Å². The molecular formula is C19H23N5O3. The first-order valence-corrected chi connectivity index (χ1v) is 9.19. The molecule has 1 aromatic carbocycles. The monoisotopic (exact) mass is 369 g/mol. The molecule has 1 amide bonds. The van der Waals surface area contributed by atoms with Crippen LogP contribution in [0, 0.1) is 0 Å². The third-order valence-corrected chi connectivity index (χ3v) is 4.95. The van der Waals surface area contributed by atoms with E-state index in [0.717, 1.165) is 37.4 Å². The van der Waals surface area contributed by atoms with Gasteiger partial charge in [0.05, 0.1) is 12.8 Å². The minimum atomic E-state index is -0.398. The van der Waals surface area contributed by atoms with Crippen LogP contribution in [0.25, 0.3) is 0 Å². The summed E-state index contributed by atoms with van der Waals surface area (Å²) in [7, 11) is 1.67. The molecule has 4 rings (SSSR count). The molecule has 2 aromatic rings. The molecular weight excluding hydrogens is 346 g/mol. The Hall–Kier alpha value is -3.03. The Morgan fingerprint density at radius 3 is 2.56 bits per heavy atom. The van der Waals surface area contributed by atoms with Crippen LogP contribution in [0.3, 0.4) is 0 Å². The van der Waals surface area contributed by atoms with Crippen LogP contribution in [0.1, 0.15) is 23.2 Å². The molecule has 1 aliphatic heterocycles. The predicted molar refractivity (Wildman–Crippen MR) is 103 cm³/mol. The molecule has 0 unspecified atom stereocenters. The van der Waals surface area contributed by atoms with Crippen LogP contribution in [0.15, 0.2) is 35.3 Å². The lowest BCUT2D eigenvalue weighted by Crippen LogP contribution is -2.47. The Kier molecular flexibility index (Phi) is 4.70. The van der Waals surface area contributed by atoms with E-state index in [4.69, 9.17) is 4.74 Å². The largest absolute Gasteiger partial charge is 0.495 e. The zero-order valence-corrected chi connectivity index (χ0v) is 15.3. The van der Waals surface area contributed by atoms with Crippen LogP contribution in [0.5, 0.6) is 5.75 Å². The van der Waals surface area contributed by atoms with Crippen molar-refractivity contribution < 1.29 is 9.53 Å². The van der Waals surface area contributed by atoms with E-state index in [1.165, 1.54) is 6.20 Å². The molecule has 1 aromatic heterocycles. The van der Waals surface area contributed by atoms with Crippen LogP contribution in [0.2, 0.25) is 0 Å². The van der Waals surface area contributed by atoms with E-state index in [1.807, 2.05) is 29.2 Å². The van der Waals surface area contributed by atoms with Gasteiger partial charge in [-0.1, -0.05) is 12.1 Å². The molecule has 2 aliphatic rings. The first-order valence-electron chi connectivity index (χ1n) is 9.19. The van der Waals surface area contributed by atoms with Crippen molar-refractivity contribution in [3.63, 3.8) is 0 Å². The Morgan fingerprint density at radius 1 is 1.19 bits per heavy atom. The molecule has 1 aliphatic carbocycles. The number of para-hydroxylation sites is 2. The number of rotatable bonds is 5. The van der Waals surface area contributed by atoms with Crippen molar-refractivity contribution in [2.45, 2.75) is 18.9 Å². The van der Waals surface area contributed by atoms with E-state index in [0.29, 0.717) is 19.0 Å². The quantitative estimate of drug-likeness (QED) is 0.817. The molecule has 0 bridgehead atoms. The van der Waals surface area contributed by atoms with E-state index < -0.39 is 5.56 Å². The minimum Gasteiger partial charge on any atom is -0.495 e. The van der Waals surface area contributed by atoms with Gasteiger partial charge in [-0.15, -0.1) is 0 Å². The van der Waals surface area contributed by atoms with E-state index in [2.05, 4.69) is 20.2 Å². The Balaban J connectivity index is 1.42. The Bertz CT molecular complexity index is 885. The van der Waals surface area contributed by atoms with Crippen molar-refractivity contribution in [1.82, 2.24) is 15.3 Å². The zero-order valence-electron chi connectivity index (χ0n) is 15.3. The third kappa shape index (κ3) is 3.74. The highest BCUT2D eigenvalue weighted by atomic mass is 16.5. The number of nitrogens with one attached hydrogen (secondary N) is 2. The van der Waals surface area contributed by atoms with Gasteiger partial charge in [0.1, 0.15) is 11.3 Å². The number of piperazine rings is 1. The SMILES string of the molecule is COc1ccccc1N1CCN(c2ncc(C(=O)NC3CC3)c(=O)[nH]2)CC1. The Labute approximate surface area is 157 Å². The number of ether oxygens (including phenoxy) is 1. The number of anilines is 2. The number of hydrogen-bond donors (Lipinski definition) is 2. The van der Waals surface area contributed by atoms with Gasteiger partial charge in [-0.3, -0.25) is 14.6 Å². The topological polar surface area (TPSA) is 90.6 Å². The molecule has 8 nitrogen and oxygen atoms in total. The van der Waals surface area contributed by atoms with E-state index in [-0.39, 0.29) is 17.5 Å². The minimum absolute atomic E-state index is 0.0679. The average Bonchev–Trinajstić information content (AvgIpc) is 3.52. The lowest BCUT2D eigenvalue weighted by atomic mass is 10.2. The van der Waals surface area contributed by atoms with Gasteiger partial charge in [0.15, 0.2) is 0 Å². The fourth-order valence-electron chi connectivity index (χ4n) is 3.25. The summed E-state index contributed by atoms with van der Waals surface area (Å²) < 4.78 is 5.44. The van der Waals surface area contributed by atoms with Gasteiger partial charge in [-0.2, -0.15) is 0 Å². The second-order valence-corrected chi connectivity index (χ2v) is 6.84. The molecule has 0 atom stereocenters. The van der Waals surface area contributed by atoms with Gasteiger partial charge in [-0.25, -0.2) is 4.98 Å². The first-order chi connectivity index (χ1) is 13.2. The lowest BCUT2D eigenvalue weighted by Gasteiger charge is -2.36. The number of aromatic amines is 1. The van der Waals surface area contributed by atoms with Gasteiger partial charge in [0, 0.05) is 38.4 Å². The van der Waals surface area contributed by atoms with Crippen molar-refractivity contribution >= 4 is 17.5 Å². The highest BCUT2D eigenvalue weighted by molar-refractivity contribution is 5.94. The van der Waals surface area contributed by atoms with Gasteiger partial charge in [0.25, 0.3) is 11.5 Å². The second-order valence-electron chi connectivity index (χ2n) is 6.84. The number of methoxy groups -OCH3 is 1. The molecule has 1 saturated heterocycles. The molecule has 0 spiro atoms. The van der Waals surface area contributed by atoms with Gasteiger partial charge in [-0.05, 0) is 25.0 Å². The molecule has 0 radical (unpaired) electrons. The summed E-state index contributed by atoms with van der Waals surface area (Å²) in [5, 5.41) is 2.81. The Morgan fingerprint density at radius 2 is 1.89 bits per heavy atom. The summed E-state index contributed by atoms with van der Waals surface area (Å²) in [6, 6.07) is 8.15.